The van der Waals surface area contributed by atoms with E-state index < -0.39 is 11.5 Å². The van der Waals surface area contributed by atoms with Gasteiger partial charge in [0.05, 0.1) is 12.2 Å². The fourth-order valence-corrected chi connectivity index (χ4v) is 2.45. The van der Waals surface area contributed by atoms with Crippen molar-refractivity contribution in [2.75, 3.05) is 40.4 Å². The zero-order valence-corrected chi connectivity index (χ0v) is 12.3. The van der Waals surface area contributed by atoms with Crippen molar-refractivity contribution in [1.29, 1.82) is 0 Å². The second kappa shape index (κ2) is 7.19. The molecular formula is C13H26N2O4. The van der Waals surface area contributed by atoms with Gasteiger partial charge >= 0.3 is 5.97 Å². The largest absolute Gasteiger partial charge is 0.480 e. The first kappa shape index (κ1) is 16.4. The van der Waals surface area contributed by atoms with E-state index in [4.69, 9.17) is 9.47 Å². The number of ether oxygens (including phenoxy) is 2. The normalized spacial score (nSPS) is 27.4. The Kier molecular flexibility index (Phi) is 6.19. The summed E-state index contributed by atoms with van der Waals surface area (Å²) in [4.78, 5) is 13.5. The Morgan fingerprint density at radius 3 is 2.26 bits per heavy atom. The highest BCUT2D eigenvalue weighted by Crippen LogP contribution is 2.18. The molecule has 3 atom stereocenters. The average molecular weight is 274 g/mol. The van der Waals surface area contributed by atoms with Crippen LogP contribution < -0.4 is 5.32 Å². The molecule has 1 heterocycles. The van der Waals surface area contributed by atoms with Gasteiger partial charge in [0.1, 0.15) is 5.54 Å². The maximum absolute atomic E-state index is 11.5. The SMILES string of the molecule is CCCNC(C)(CN1CC(OC)C(OC)C1)C(=O)O. The molecule has 0 aromatic carbocycles. The van der Waals surface area contributed by atoms with Crippen LogP contribution in [0.1, 0.15) is 20.3 Å². The lowest BCUT2D eigenvalue weighted by atomic mass is 10.0. The van der Waals surface area contributed by atoms with E-state index in [1.807, 2.05) is 6.92 Å². The predicted molar refractivity (Wildman–Crippen MR) is 72.4 cm³/mol. The Bertz CT molecular complexity index is 288. The van der Waals surface area contributed by atoms with Gasteiger partial charge in [-0.1, -0.05) is 6.92 Å². The molecule has 1 aliphatic heterocycles. The van der Waals surface area contributed by atoms with Crippen LogP contribution in [0.4, 0.5) is 0 Å². The molecule has 6 nitrogen and oxygen atoms in total. The molecule has 0 spiro atoms. The number of hydrogen-bond donors (Lipinski definition) is 2. The van der Waals surface area contributed by atoms with Gasteiger partial charge < -0.3 is 19.9 Å². The summed E-state index contributed by atoms with van der Waals surface area (Å²) in [6.45, 7) is 6.29. The lowest BCUT2D eigenvalue weighted by Gasteiger charge is -2.31. The maximum Gasteiger partial charge on any atom is 0.324 e. The average Bonchev–Trinajstić information content (AvgIpc) is 2.78. The molecule has 1 rings (SSSR count). The molecule has 2 N–H and O–H groups in total. The molecule has 3 unspecified atom stereocenters. The van der Waals surface area contributed by atoms with Crippen LogP contribution in [0.3, 0.4) is 0 Å². The van der Waals surface area contributed by atoms with E-state index >= 15 is 0 Å². The van der Waals surface area contributed by atoms with Crippen LogP contribution in [-0.2, 0) is 14.3 Å². The zero-order chi connectivity index (χ0) is 14.5. The fourth-order valence-electron chi connectivity index (χ4n) is 2.45. The minimum atomic E-state index is -0.934. The van der Waals surface area contributed by atoms with Crippen LogP contribution in [0.5, 0.6) is 0 Å². The number of hydrogen-bond acceptors (Lipinski definition) is 5. The van der Waals surface area contributed by atoms with E-state index in [0.29, 0.717) is 26.2 Å². The summed E-state index contributed by atoms with van der Waals surface area (Å²) in [5, 5.41) is 12.5. The number of carboxylic acid groups (broad SMARTS) is 1. The summed E-state index contributed by atoms with van der Waals surface area (Å²) in [6, 6.07) is 0. The van der Waals surface area contributed by atoms with Gasteiger partial charge in [-0.3, -0.25) is 9.69 Å². The van der Waals surface area contributed by atoms with Crippen molar-refractivity contribution in [3.63, 3.8) is 0 Å². The second-order valence-corrected chi connectivity index (χ2v) is 5.31. The smallest absolute Gasteiger partial charge is 0.324 e. The molecule has 0 aromatic rings. The minimum Gasteiger partial charge on any atom is -0.480 e. The van der Waals surface area contributed by atoms with Crippen molar-refractivity contribution in [3.05, 3.63) is 0 Å². The van der Waals surface area contributed by atoms with Crippen LogP contribution in [0.2, 0.25) is 0 Å². The van der Waals surface area contributed by atoms with Crippen molar-refractivity contribution < 1.29 is 19.4 Å². The van der Waals surface area contributed by atoms with Crippen molar-refractivity contribution in [1.82, 2.24) is 10.2 Å². The van der Waals surface area contributed by atoms with E-state index in [2.05, 4.69) is 10.2 Å². The van der Waals surface area contributed by atoms with Gasteiger partial charge in [0.2, 0.25) is 0 Å². The summed E-state index contributed by atoms with van der Waals surface area (Å²) in [6.07, 6.45) is 0.924. The first-order valence-corrected chi connectivity index (χ1v) is 6.73. The molecule has 0 radical (unpaired) electrons. The molecule has 1 aliphatic rings. The van der Waals surface area contributed by atoms with Gasteiger partial charge in [-0.25, -0.2) is 0 Å². The second-order valence-electron chi connectivity index (χ2n) is 5.31. The van der Waals surface area contributed by atoms with Gasteiger partial charge in [0, 0.05) is 33.9 Å². The summed E-state index contributed by atoms with van der Waals surface area (Å²) in [5.41, 5.74) is -0.934. The molecule has 6 heteroatoms. The van der Waals surface area contributed by atoms with Crippen LogP contribution in [0.25, 0.3) is 0 Å². The zero-order valence-electron chi connectivity index (χ0n) is 12.3. The number of nitrogens with zero attached hydrogens (tertiary/aromatic N) is 1. The lowest BCUT2D eigenvalue weighted by molar-refractivity contribution is -0.145. The van der Waals surface area contributed by atoms with Gasteiger partial charge in [-0.15, -0.1) is 0 Å². The third kappa shape index (κ3) is 4.14. The van der Waals surface area contributed by atoms with E-state index in [1.54, 1.807) is 21.1 Å². The number of rotatable bonds is 8. The Balaban J connectivity index is 2.63. The standard InChI is InChI=1S/C13H26N2O4/c1-5-6-14-13(2,12(16)17)9-15-7-10(18-3)11(8-15)19-4/h10-11,14H,5-9H2,1-4H3,(H,16,17). The molecule has 1 fully saturated rings. The molecule has 0 amide bonds. The van der Waals surface area contributed by atoms with E-state index in [9.17, 15) is 9.90 Å². The number of nitrogens with one attached hydrogen (secondary N) is 1. The van der Waals surface area contributed by atoms with Crippen LogP contribution in [-0.4, -0.2) is 74.1 Å². The monoisotopic (exact) mass is 274 g/mol. The highest BCUT2D eigenvalue weighted by Gasteiger charge is 2.40. The molecular weight excluding hydrogens is 248 g/mol. The first-order valence-electron chi connectivity index (χ1n) is 6.73. The quantitative estimate of drug-likeness (QED) is 0.658. The topological polar surface area (TPSA) is 71.0 Å². The van der Waals surface area contributed by atoms with Crippen LogP contribution in [0, 0.1) is 0 Å². The number of likely N-dealkylation sites (tertiary alicyclic amines) is 1. The number of methoxy groups -OCH3 is 2. The van der Waals surface area contributed by atoms with Gasteiger partial charge in [-0.2, -0.15) is 0 Å². The van der Waals surface area contributed by atoms with Crippen molar-refractivity contribution in [3.8, 4) is 0 Å². The Morgan fingerprint density at radius 1 is 1.37 bits per heavy atom. The third-order valence-electron chi connectivity index (χ3n) is 3.67. The molecule has 0 aliphatic carbocycles. The Morgan fingerprint density at radius 2 is 1.89 bits per heavy atom. The number of carboxylic acids is 1. The Labute approximate surface area is 115 Å². The third-order valence-corrected chi connectivity index (χ3v) is 3.67. The van der Waals surface area contributed by atoms with E-state index in [-0.39, 0.29) is 12.2 Å². The van der Waals surface area contributed by atoms with Crippen molar-refractivity contribution in [2.45, 2.75) is 38.0 Å². The number of aliphatic carboxylic acids is 1. The maximum atomic E-state index is 11.5. The molecule has 0 bridgehead atoms. The molecule has 0 aromatic heterocycles. The van der Waals surface area contributed by atoms with E-state index in [1.165, 1.54) is 0 Å². The highest BCUT2D eigenvalue weighted by molar-refractivity contribution is 5.78. The van der Waals surface area contributed by atoms with Gasteiger partial charge in [0.15, 0.2) is 0 Å². The summed E-state index contributed by atoms with van der Waals surface area (Å²) < 4.78 is 10.7. The first-order chi connectivity index (χ1) is 8.96. The van der Waals surface area contributed by atoms with Crippen molar-refractivity contribution in [2.24, 2.45) is 0 Å². The fraction of sp³-hybridized carbons (Fsp3) is 0.923. The molecule has 112 valence electrons. The van der Waals surface area contributed by atoms with Crippen LogP contribution >= 0.6 is 0 Å². The van der Waals surface area contributed by atoms with Crippen LogP contribution in [0.15, 0.2) is 0 Å². The minimum absolute atomic E-state index is 0.00854. The Hall–Kier alpha value is -0.690. The lowest BCUT2D eigenvalue weighted by Crippen LogP contribution is -2.57. The van der Waals surface area contributed by atoms with Gasteiger partial charge in [0.25, 0.3) is 0 Å². The molecule has 19 heavy (non-hydrogen) atoms. The van der Waals surface area contributed by atoms with Gasteiger partial charge in [-0.05, 0) is 19.9 Å². The summed E-state index contributed by atoms with van der Waals surface area (Å²) in [5.74, 6) is -0.823. The van der Waals surface area contributed by atoms with E-state index in [0.717, 1.165) is 6.42 Å². The van der Waals surface area contributed by atoms with Crippen molar-refractivity contribution >= 4 is 5.97 Å². The highest BCUT2D eigenvalue weighted by atomic mass is 16.5. The number of carbonyl (C=O) groups is 1. The predicted octanol–water partition coefficient (Wildman–Crippen LogP) is 0.175. The summed E-state index contributed by atoms with van der Waals surface area (Å²) in [7, 11) is 3.32. The molecule has 0 saturated carbocycles. The molecule has 1 saturated heterocycles. The summed E-state index contributed by atoms with van der Waals surface area (Å²) >= 11 is 0.